The lowest BCUT2D eigenvalue weighted by Crippen LogP contribution is -2.33. The summed E-state index contributed by atoms with van der Waals surface area (Å²) in [5.41, 5.74) is 1.79. The Kier molecular flexibility index (Phi) is 4.78. The number of aryl methyl sites for hydroxylation is 1. The van der Waals surface area contributed by atoms with Crippen molar-refractivity contribution < 1.29 is 9.53 Å². The Labute approximate surface area is 116 Å². The molecule has 1 fully saturated rings. The fourth-order valence-electron chi connectivity index (χ4n) is 2.17. The van der Waals surface area contributed by atoms with E-state index in [0.717, 1.165) is 36.1 Å². The van der Waals surface area contributed by atoms with Gasteiger partial charge in [-0.3, -0.25) is 4.79 Å². The lowest BCUT2D eigenvalue weighted by atomic mass is 10.0. The maximum atomic E-state index is 12.0. The van der Waals surface area contributed by atoms with Gasteiger partial charge < -0.3 is 10.1 Å². The molecule has 0 aliphatic carbocycles. The molecule has 3 nitrogen and oxygen atoms in total. The quantitative estimate of drug-likeness (QED) is 0.932. The van der Waals surface area contributed by atoms with Gasteiger partial charge in [-0.15, -0.1) is 0 Å². The van der Waals surface area contributed by atoms with Crippen molar-refractivity contribution in [3.8, 4) is 0 Å². The molecule has 1 aliphatic heterocycles. The van der Waals surface area contributed by atoms with Crippen molar-refractivity contribution in [3.05, 3.63) is 33.8 Å². The topological polar surface area (TPSA) is 38.3 Å². The first-order valence-electron chi connectivity index (χ1n) is 6.28. The first-order valence-corrected chi connectivity index (χ1v) is 7.07. The summed E-state index contributed by atoms with van der Waals surface area (Å²) in [5.74, 6) is 0.445. The van der Waals surface area contributed by atoms with Crippen molar-refractivity contribution in [2.24, 2.45) is 5.92 Å². The molecule has 0 spiro atoms. The summed E-state index contributed by atoms with van der Waals surface area (Å²) in [4.78, 5) is 12.0. The van der Waals surface area contributed by atoms with E-state index in [1.807, 2.05) is 25.1 Å². The zero-order valence-electron chi connectivity index (χ0n) is 10.5. The Morgan fingerprint density at radius 1 is 1.50 bits per heavy atom. The van der Waals surface area contributed by atoms with Gasteiger partial charge >= 0.3 is 0 Å². The number of hydrogen-bond donors (Lipinski definition) is 1. The molecule has 1 saturated heterocycles. The normalized spacial score (nSPS) is 19.6. The first-order chi connectivity index (χ1) is 8.65. The van der Waals surface area contributed by atoms with E-state index in [1.165, 1.54) is 0 Å². The van der Waals surface area contributed by atoms with E-state index in [-0.39, 0.29) is 5.91 Å². The van der Waals surface area contributed by atoms with E-state index >= 15 is 0 Å². The highest BCUT2D eigenvalue weighted by Crippen LogP contribution is 2.16. The summed E-state index contributed by atoms with van der Waals surface area (Å²) in [5, 5.41) is 2.98. The summed E-state index contributed by atoms with van der Waals surface area (Å²) in [6.07, 6.45) is 2.23. The summed E-state index contributed by atoms with van der Waals surface area (Å²) >= 11 is 3.41. The number of amides is 1. The van der Waals surface area contributed by atoms with Gasteiger partial charge in [-0.25, -0.2) is 0 Å². The molecular formula is C14H18BrNO2. The second-order valence-electron chi connectivity index (χ2n) is 4.81. The number of halogens is 1. The highest BCUT2D eigenvalue weighted by atomic mass is 79.9. The lowest BCUT2D eigenvalue weighted by Gasteiger charge is -2.22. The molecule has 1 N–H and O–H groups in total. The smallest absolute Gasteiger partial charge is 0.251 e. The van der Waals surface area contributed by atoms with E-state index in [2.05, 4.69) is 21.2 Å². The van der Waals surface area contributed by atoms with Crippen molar-refractivity contribution in [2.75, 3.05) is 19.8 Å². The van der Waals surface area contributed by atoms with Crippen LogP contribution in [0, 0.1) is 12.8 Å². The van der Waals surface area contributed by atoms with Crippen LogP contribution < -0.4 is 5.32 Å². The number of hydrogen-bond acceptors (Lipinski definition) is 2. The van der Waals surface area contributed by atoms with Crippen LogP contribution in [0.5, 0.6) is 0 Å². The number of carbonyl (C=O) groups is 1. The van der Waals surface area contributed by atoms with Crippen LogP contribution in [0.1, 0.15) is 28.8 Å². The molecule has 0 radical (unpaired) electrons. The van der Waals surface area contributed by atoms with Crippen molar-refractivity contribution in [1.82, 2.24) is 5.32 Å². The molecule has 1 atom stereocenters. The summed E-state index contributed by atoms with van der Waals surface area (Å²) in [6, 6.07) is 5.74. The number of carbonyl (C=O) groups excluding carboxylic acids is 1. The van der Waals surface area contributed by atoms with Crippen LogP contribution in [-0.2, 0) is 4.74 Å². The van der Waals surface area contributed by atoms with Gasteiger partial charge in [0.25, 0.3) is 5.91 Å². The third-order valence-corrected chi connectivity index (χ3v) is 3.57. The van der Waals surface area contributed by atoms with Crippen LogP contribution >= 0.6 is 15.9 Å². The molecule has 4 heteroatoms. The molecule has 18 heavy (non-hydrogen) atoms. The largest absolute Gasteiger partial charge is 0.381 e. The average Bonchev–Trinajstić information content (AvgIpc) is 2.36. The Morgan fingerprint density at radius 2 is 2.33 bits per heavy atom. The third kappa shape index (κ3) is 3.82. The monoisotopic (exact) mass is 311 g/mol. The Bertz CT molecular complexity index is 408. The minimum atomic E-state index is -0.00928. The zero-order valence-corrected chi connectivity index (χ0v) is 12.1. The molecule has 1 amide bonds. The SMILES string of the molecule is Cc1cc(Br)cc(C(=O)NCC2CCCOC2)c1. The summed E-state index contributed by atoms with van der Waals surface area (Å²) in [7, 11) is 0. The van der Waals surface area contributed by atoms with Crippen molar-refractivity contribution in [2.45, 2.75) is 19.8 Å². The van der Waals surface area contributed by atoms with Gasteiger partial charge in [0.2, 0.25) is 0 Å². The molecule has 1 aromatic rings. The molecule has 1 heterocycles. The van der Waals surface area contributed by atoms with E-state index < -0.39 is 0 Å². The molecule has 1 aliphatic rings. The van der Waals surface area contributed by atoms with Crippen LogP contribution in [0.4, 0.5) is 0 Å². The molecule has 98 valence electrons. The van der Waals surface area contributed by atoms with Gasteiger partial charge in [0.15, 0.2) is 0 Å². The third-order valence-electron chi connectivity index (χ3n) is 3.11. The molecule has 1 aromatic carbocycles. The van der Waals surface area contributed by atoms with Crippen LogP contribution in [0.2, 0.25) is 0 Å². The highest BCUT2D eigenvalue weighted by molar-refractivity contribution is 9.10. The van der Waals surface area contributed by atoms with Crippen LogP contribution in [0.3, 0.4) is 0 Å². The number of rotatable bonds is 3. The maximum Gasteiger partial charge on any atom is 0.251 e. The minimum Gasteiger partial charge on any atom is -0.381 e. The average molecular weight is 312 g/mol. The number of ether oxygens (including phenoxy) is 1. The van der Waals surface area contributed by atoms with Crippen molar-refractivity contribution >= 4 is 21.8 Å². The zero-order chi connectivity index (χ0) is 13.0. The van der Waals surface area contributed by atoms with Gasteiger partial charge in [-0.05, 0) is 49.4 Å². The molecule has 0 bridgehead atoms. The first kappa shape index (κ1) is 13.6. The standard InChI is InChI=1S/C14H18BrNO2/c1-10-5-12(7-13(15)6-10)14(17)16-8-11-3-2-4-18-9-11/h5-7,11H,2-4,8-9H2,1H3,(H,16,17). The second-order valence-corrected chi connectivity index (χ2v) is 5.73. The van der Waals surface area contributed by atoms with Crippen molar-refractivity contribution in [3.63, 3.8) is 0 Å². The van der Waals surface area contributed by atoms with Gasteiger partial charge in [0, 0.05) is 23.2 Å². The molecule has 0 aromatic heterocycles. The van der Waals surface area contributed by atoms with Crippen LogP contribution in [0.15, 0.2) is 22.7 Å². The Balaban J connectivity index is 1.90. The van der Waals surface area contributed by atoms with Gasteiger partial charge in [-0.1, -0.05) is 15.9 Å². The van der Waals surface area contributed by atoms with Crippen LogP contribution in [0.25, 0.3) is 0 Å². The summed E-state index contributed by atoms with van der Waals surface area (Å²) in [6.45, 7) is 4.30. The van der Waals surface area contributed by atoms with Gasteiger partial charge in [0.1, 0.15) is 0 Å². The van der Waals surface area contributed by atoms with E-state index in [1.54, 1.807) is 0 Å². The minimum absolute atomic E-state index is 0.00928. The fraction of sp³-hybridized carbons (Fsp3) is 0.500. The van der Waals surface area contributed by atoms with E-state index in [4.69, 9.17) is 4.74 Å². The van der Waals surface area contributed by atoms with Gasteiger partial charge in [0.05, 0.1) is 6.61 Å². The van der Waals surface area contributed by atoms with Gasteiger partial charge in [-0.2, -0.15) is 0 Å². The number of benzene rings is 1. The molecule has 1 unspecified atom stereocenters. The van der Waals surface area contributed by atoms with E-state index in [0.29, 0.717) is 18.0 Å². The lowest BCUT2D eigenvalue weighted by molar-refractivity contribution is 0.0536. The predicted octanol–water partition coefficient (Wildman–Crippen LogP) is 2.91. The summed E-state index contributed by atoms with van der Waals surface area (Å²) < 4.78 is 6.34. The molecule has 0 saturated carbocycles. The van der Waals surface area contributed by atoms with Crippen LogP contribution in [-0.4, -0.2) is 25.7 Å². The number of nitrogens with one attached hydrogen (secondary N) is 1. The maximum absolute atomic E-state index is 12.0. The Hall–Kier alpha value is -0.870. The second kappa shape index (κ2) is 6.34. The molecule has 2 rings (SSSR count). The Morgan fingerprint density at radius 3 is 3.00 bits per heavy atom. The highest BCUT2D eigenvalue weighted by Gasteiger charge is 2.15. The predicted molar refractivity (Wildman–Crippen MR) is 74.8 cm³/mol. The molecular weight excluding hydrogens is 294 g/mol. The van der Waals surface area contributed by atoms with Crippen molar-refractivity contribution in [1.29, 1.82) is 0 Å². The fourth-order valence-corrected chi connectivity index (χ4v) is 2.78. The van der Waals surface area contributed by atoms with E-state index in [9.17, 15) is 4.79 Å².